The Morgan fingerprint density at radius 2 is 1.10 bits per heavy atom. The van der Waals surface area contributed by atoms with Crippen molar-refractivity contribution in [2.45, 2.75) is 6.16 Å². The molecule has 2 heterocycles. The molecular formula is C27H22ClN2P. The van der Waals surface area contributed by atoms with Gasteiger partial charge in [-0.05, 0) is 0 Å². The van der Waals surface area contributed by atoms with Crippen molar-refractivity contribution in [1.29, 1.82) is 0 Å². The zero-order valence-electron chi connectivity index (χ0n) is 17.0. The van der Waals surface area contributed by atoms with Gasteiger partial charge in [-0.1, -0.05) is 0 Å². The molecule has 5 aromatic rings. The second kappa shape index (κ2) is 7.89. The van der Waals surface area contributed by atoms with E-state index in [9.17, 15) is 0 Å². The van der Waals surface area contributed by atoms with Crippen molar-refractivity contribution in [1.82, 2.24) is 9.97 Å². The van der Waals surface area contributed by atoms with Gasteiger partial charge in [0.1, 0.15) is 0 Å². The van der Waals surface area contributed by atoms with E-state index in [1.807, 2.05) is 30.3 Å². The van der Waals surface area contributed by atoms with Gasteiger partial charge in [0.25, 0.3) is 0 Å². The number of nitrogens with zero attached hydrogens (tertiary/aromatic N) is 2. The molecule has 0 amide bonds. The maximum absolute atomic E-state index is 8.13. The Morgan fingerprint density at radius 1 is 0.581 bits per heavy atom. The molecule has 0 radical (unpaired) electrons. The summed E-state index contributed by atoms with van der Waals surface area (Å²) in [6.45, 7) is 0. The second-order valence-corrected chi connectivity index (χ2v) is 14.2. The third kappa shape index (κ3) is 3.33. The molecule has 4 heteroatoms. The van der Waals surface area contributed by atoms with Crippen LogP contribution in [0.5, 0.6) is 0 Å². The third-order valence-corrected chi connectivity index (χ3v) is 13.0. The molecule has 0 spiro atoms. The fourth-order valence-electron chi connectivity index (χ4n) is 4.32. The molecule has 0 unspecified atom stereocenters. The average molecular weight is 441 g/mol. The molecule has 2 nitrogen and oxygen atoms in total. The molecule has 0 saturated carbocycles. The molecule has 0 atom stereocenters. The van der Waals surface area contributed by atoms with E-state index < -0.39 is 5.96 Å². The van der Waals surface area contributed by atoms with Crippen LogP contribution in [0.15, 0.2) is 121 Å². The molecule has 0 fully saturated rings. The zero-order chi connectivity index (χ0) is 21.2. The number of benzene rings is 3. The molecule has 0 aliphatic rings. The number of halogens is 1. The maximum atomic E-state index is 8.13. The second-order valence-electron chi connectivity index (χ2n) is 7.70. The van der Waals surface area contributed by atoms with Crippen LogP contribution in [0.25, 0.3) is 11.0 Å². The van der Waals surface area contributed by atoms with Crippen molar-refractivity contribution in [3.05, 3.63) is 127 Å². The number of rotatable bonds is 5. The minimum absolute atomic E-state index is 0.609. The van der Waals surface area contributed by atoms with Crippen LogP contribution in [0.3, 0.4) is 0 Å². The first-order chi connectivity index (χ1) is 15.2. The van der Waals surface area contributed by atoms with E-state index in [0.717, 1.165) is 32.6 Å². The van der Waals surface area contributed by atoms with E-state index in [2.05, 4.69) is 89.9 Å². The van der Waals surface area contributed by atoms with Crippen molar-refractivity contribution in [3.8, 4) is 0 Å². The zero-order valence-corrected chi connectivity index (χ0v) is 18.6. The normalized spacial score (nSPS) is 12.9. The van der Waals surface area contributed by atoms with Gasteiger partial charge in [-0.2, -0.15) is 0 Å². The topological polar surface area (TPSA) is 25.8 Å². The molecule has 0 saturated heterocycles. The number of fused-ring (bicyclic) bond motifs is 1. The molecular weight excluding hydrogens is 419 g/mol. The molecule has 5 rings (SSSR count). The summed E-state index contributed by atoms with van der Waals surface area (Å²) in [7, 11) is 0. The quantitative estimate of drug-likeness (QED) is 0.322. The number of hydrogen-bond donors (Lipinski definition) is 0. The molecule has 0 bridgehead atoms. The Balaban J connectivity index is 1.83. The summed E-state index contributed by atoms with van der Waals surface area (Å²) >= 11 is 8.13. The first kappa shape index (κ1) is 19.9. The predicted octanol–water partition coefficient (Wildman–Crippen LogP) is 5.81. The van der Waals surface area contributed by atoms with Crippen molar-refractivity contribution in [2.24, 2.45) is 0 Å². The standard InChI is InChI=1S/C27H22ClN2P/c28-31(24-12-4-1-5-13-24,25-14-6-2-7-15-25,26-16-8-3-9-17-26)21-23-19-18-22-11-10-20-29-27(22)30-23/h1-20H,21H2. The summed E-state index contributed by atoms with van der Waals surface area (Å²) in [6.07, 6.45) is 2.39. The summed E-state index contributed by atoms with van der Waals surface area (Å²) in [5.74, 6) is -3.39. The fourth-order valence-corrected chi connectivity index (χ4v) is 10.3. The third-order valence-electron chi connectivity index (χ3n) is 5.86. The van der Waals surface area contributed by atoms with E-state index >= 15 is 0 Å². The van der Waals surface area contributed by atoms with E-state index in [1.54, 1.807) is 6.20 Å². The number of hydrogen-bond acceptors (Lipinski definition) is 2. The van der Waals surface area contributed by atoms with Crippen molar-refractivity contribution < 1.29 is 0 Å². The first-order valence-corrected chi connectivity index (χ1v) is 13.6. The monoisotopic (exact) mass is 440 g/mol. The molecule has 152 valence electrons. The van der Waals surface area contributed by atoms with Crippen molar-refractivity contribution in [2.75, 3.05) is 0 Å². The van der Waals surface area contributed by atoms with Crippen LogP contribution in [0.4, 0.5) is 0 Å². The molecule has 31 heavy (non-hydrogen) atoms. The van der Waals surface area contributed by atoms with Crippen LogP contribution < -0.4 is 15.9 Å². The van der Waals surface area contributed by atoms with Crippen LogP contribution >= 0.6 is 17.2 Å². The summed E-state index contributed by atoms with van der Waals surface area (Å²) in [5, 5.41) is 4.43. The van der Waals surface area contributed by atoms with Crippen molar-refractivity contribution >= 4 is 44.1 Å². The predicted molar refractivity (Wildman–Crippen MR) is 134 cm³/mol. The number of pyridine rings is 2. The molecule has 3 aromatic carbocycles. The Morgan fingerprint density at radius 3 is 1.61 bits per heavy atom. The summed E-state index contributed by atoms with van der Waals surface area (Å²) in [5.41, 5.74) is 1.69. The summed E-state index contributed by atoms with van der Waals surface area (Å²) in [4.78, 5) is 9.39. The van der Waals surface area contributed by atoms with Crippen molar-refractivity contribution in [3.63, 3.8) is 0 Å². The minimum atomic E-state index is -3.39. The van der Waals surface area contributed by atoms with E-state index in [1.165, 1.54) is 0 Å². The van der Waals surface area contributed by atoms with Gasteiger partial charge in [0.15, 0.2) is 0 Å². The SMILES string of the molecule is ClP(Cc1ccc2cccnc2n1)(c1ccccc1)(c1ccccc1)c1ccccc1. The van der Waals surface area contributed by atoms with Gasteiger partial charge in [-0.3, -0.25) is 0 Å². The summed E-state index contributed by atoms with van der Waals surface area (Å²) in [6, 6.07) is 39.6. The Labute approximate surface area is 187 Å². The fraction of sp³-hybridized carbons (Fsp3) is 0.0370. The average Bonchev–Trinajstić information content (AvgIpc) is 2.86. The van der Waals surface area contributed by atoms with E-state index in [-0.39, 0.29) is 0 Å². The van der Waals surface area contributed by atoms with Gasteiger partial charge in [0, 0.05) is 0 Å². The summed E-state index contributed by atoms with van der Waals surface area (Å²) < 4.78 is 0. The van der Waals surface area contributed by atoms with Crippen LogP contribution in [0.2, 0.25) is 0 Å². The van der Waals surface area contributed by atoms with E-state index in [0.29, 0.717) is 6.16 Å². The van der Waals surface area contributed by atoms with Crippen LogP contribution in [-0.2, 0) is 6.16 Å². The molecule has 0 aliphatic carbocycles. The Kier molecular flexibility index (Phi) is 5.06. The van der Waals surface area contributed by atoms with Gasteiger partial charge in [0.05, 0.1) is 0 Å². The van der Waals surface area contributed by atoms with Crippen LogP contribution in [-0.4, -0.2) is 9.97 Å². The van der Waals surface area contributed by atoms with Gasteiger partial charge in [-0.25, -0.2) is 0 Å². The Bertz CT molecular complexity index is 1230. The van der Waals surface area contributed by atoms with Gasteiger partial charge < -0.3 is 0 Å². The van der Waals surface area contributed by atoms with Gasteiger partial charge in [-0.15, -0.1) is 0 Å². The van der Waals surface area contributed by atoms with Crippen LogP contribution in [0.1, 0.15) is 5.69 Å². The van der Waals surface area contributed by atoms with Gasteiger partial charge >= 0.3 is 187 Å². The number of aromatic nitrogens is 2. The van der Waals surface area contributed by atoms with Gasteiger partial charge in [0.2, 0.25) is 0 Å². The Hall–Kier alpha value is -3.06. The van der Waals surface area contributed by atoms with E-state index in [4.69, 9.17) is 16.2 Å². The first-order valence-electron chi connectivity index (χ1n) is 10.3. The molecule has 2 aromatic heterocycles. The van der Waals surface area contributed by atoms with Crippen LogP contribution in [0, 0.1) is 0 Å². The molecule has 0 N–H and O–H groups in total. The molecule has 0 aliphatic heterocycles.